The number of halogens is 1. The van der Waals surface area contributed by atoms with E-state index in [1.165, 1.54) is 23.5 Å². The minimum absolute atomic E-state index is 0.207. The van der Waals surface area contributed by atoms with Crippen LogP contribution in [-0.4, -0.2) is 24.3 Å². The van der Waals surface area contributed by atoms with Crippen LogP contribution in [0.5, 0.6) is 11.5 Å². The highest BCUT2D eigenvalue weighted by atomic mass is 32.1. The summed E-state index contributed by atoms with van der Waals surface area (Å²) in [5, 5.41) is 0. The van der Waals surface area contributed by atoms with Crippen LogP contribution in [0.25, 0.3) is 6.08 Å². The van der Waals surface area contributed by atoms with Crippen LogP contribution in [0.15, 0.2) is 93.9 Å². The van der Waals surface area contributed by atoms with Crippen molar-refractivity contribution in [3.05, 3.63) is 126 Å². The Morgan fingerprint density at radius 3 is 2.35 bits per heavy atom. The zero-order chi connectivity index (χ0) is 28.2. The summed E-state index contributed by atoms with van der Waals surface area (Å²) >= 11 is 1.26. The van der Waals surface area contributed by atoms with E-state index in [-0.39, 0.29) is 18.0 Å². The predicted octanol–water partition coefficient (Wildman–Crippen LogP) is 4.53. The highest BCUT2D eigenvalue weighted by Crippen LogP contribution is 2.31. The molecule has 0 radical (unpaired) electrons. The van der Waals surface area contributed by atoms with Crippen molar-refractivity contribution in [1.82, 2.24) is 4.57 Å². The summed E-state index contributed by atoms with van der Waals surface area (Å²) in [5.74, 6) is 0.521. The van der Waals surface area contributed by atoms with E-state index in [9.17, 15) is 14.0 Å². The van der Waals surface area contributed by atoms with Gasteiger partial charge in [-0.05, 0) is 73.0 Å². The largest absolute Gasteiger partial charge is 0.497 e. The first kappa shape index (κ1) is 27.1. The van der Waals surface area contributed by atoms with Gasteiger partial charge in [0, 0.05) is 0 Å². The van der Waals surface area contributed by atoms with Gasteiger partial charge in [0.2, 0.25) is 0 Å². The van der Waals surface area contributed by atoms with Gasteiger partial charge in [0.1, 0.15) is 23.9 Å². The maximum absolute atomic E-state index is 13.7. The molecular weight excluding hydrogens is 531 g/mol. The summed E-state index contributed by atoms with van der Waals surface area (Å²) in [5.41, 5.74) is 2.99. The van der Waals surface area contributed by atoms with Crippen LogP contribution in [0.2, 0.25) is 0 Å². The van der Waals surface area contributed by atoms with Crippen molar-refractivity contribution in [3.63, 3.8) is 0 Å². The summed E-state index contributed by atoms with van der Waals surface area (Å²) in [7, 11) is 1.58. The lowest BCUT2D eigenvalue weighted by atomic mass is 9.96. The minimum atomic E-state index is -0.689. The summed E-state index contributed by atoms with van der Waals surface area (Å²) in [6.45, 7) is 4.01. The molecule has 7 nitrogen and oxygen atoms in total. The molecule has 0 spiro atoms. The normalized spacial score (nSPS) is 14.9. The first-order valence-corrected chi connectivity index (χ1v) is 13.5. The third-order valence-electron chi connectivity index (χ3n) is 6.45. The molecule has 0 bridgehead atoms. The number of thiazole rings is 1. The number of nitrogens with zero attached hydrogens (tertiary/aromatic N) is 2. The molecule has 5 rings (SSSR count). The molecule has 1 aliphatic heterocycles. The van der Waals surface area contributed by atoms with E-state index >= 15 is 0 Å². The molecule has 0 saturated carbocycles. The van der Waals surface area contributed by atoms with Gasteiger partial charge in [0.25, 0.3) is 5.56 Å². The molecule has 40 heavy (non-hydrogen) atoms. The van der Waals surface area contributed by atoms with Gasteiger partial charge in [-0.3, -0.25) is 9.36 Å². The average Bonchev–Trinajstić information content (AvgIpc) is 3.26. The van der Waals surface area contributed by atoms with Crippen LogP contribution in [-0.2, 0) is 16.1 Å². The van der Waals surface area contributed by atoms with Gasteiger partial charge in [0.05, 0.1) is 35.6 Å². The van der Waals surface area contributed by atoms with Crippen molar-refractivity contribution >= 4 is 23.4 Å². The second kappa shape index (κ2) is 11.7. The molecule has 4 aromatic rings. The summed E-state index contributed by atoms with van der Waals surface area (Å²) < 4.78 is 31.6. The van der Waals surface area contributed by atoms with Crippen molar-refractivity contribution < 1.29 is 23.4 Å². The van der Waals surface area contributed by atoms with E-state index in [2.05, 4.69) is 4.99 Å². The Balaban J connectivity index is 1.49. The first-order chi connectivity index (χ1) is 19.4. The average molecular weight is 559 g/mol. The molecule has 0 amide bonds. The topological polar surface area (TPSA) is 79.1 Å². The number of methoxy groups -OCH3 is 1. The van der Waals surface area contributed by atoms with Gasteiger partial charge in [0.15, 0.2) is 4.80 Å². The van der Waals surface area contributed by atoms with Crippen LogP contribution < -0.4 is 24.4 Å². The fourth-order valence-electron chi connectivity index (χ4n) is 4.45. The van der Waals surface area contributed by atoms with Gasteiger partial charge in [-0.2, -0.15) is 0 Å². The first-order valence-electron chi connectivity index (χ1n) is 12.7. The van der Waals surface area contributed by atoms with Crippen LogP contribution in [0.3, 0.4) is 0 Å². The quantitative estimate of drug-likeness (QED) is 0.297. The number of carbonyl (C=O) groups is 1. The molecule has 0 fully saturated rings. The van der Waals surface area contributed by atoms with Crippen LogP contribution in [0, 0.1) is 5.82 Å². The Bertz CT molecular complexity index is 1740. The monoisotopic (exact) mass is 558 g/mol. The zero-order valence-electron chi connectivity index (χ0n) is 22.2. The number of ether oxygens (including phenoxy) is 3. The molecule has 0 saturated heterocycles. The summed E-state index contributed by atoms with van der Waals surface area (Å²) in [6.07, 6.45) is 1.79. The van der Waals surface area contributed by atoms with Gasteiger partial charge < -0.3 is 14.2 Å². The number of carbonyl (C=O) groups excluding carboxylic acids is 1. The SMILES string of the molecule is CCOC(=O)C1=C(C)N=c2s/c(=C\c3ccc(OCc4ccc(F)cc4)cc3)c(=O)n2[C@@H]1c1ccc(OC)cc1. The van der Waals surface area contributed by atoms with Gasteiger partial charge in [-0.25, -0.2) is 14.2 Å². The smallest absolute Gasteiger partial charge is 0.338 e. The Morgan fingerprint density at radius 2 is 1.70 bits per heavy atom. The predicted molar refractivity (Wildman–Crippen MR) is 151 cm³/mol. The molecule has 9 heteroatoms. The maximum Gasteiger partial charge on any atom is 0.338 e. The van der Waals surface area contributed by atoms with Crippen molar-refractivity contribution in [2.24, 2.45) is 4.99 Å². The highest BCUT2D eigenvalue weighted by Gasteiger charge is 2.33. The third kappa shape index (κ3) is 5.60. The Hall–Kier alpha value is -4.50. The summed E-state index contributed by atoms with van der Waals surface area (Å²) in [6, 6.07) is 20.1. The van der Waals surface area contributed by atoms with Crippen LogP contribution in [0.4, 0.5) is 4.39 Å². The van der Waals surface area contributed by atoms with Crippen LogP contribution >= 0.6 is 11.3 Å². The molecule has 2 heterocycles. The van der Waals surface area contributed by atoms with Crippen molar-refractivity contribution in [2.45, 2.75) is 26.5 Å². The van der Waals surface area contributed by atoms with Gasteiger partial charge in [-0.1, -0.05) is 47.7 Å². The van der Waals surface area contributed by atoms with E-state index in [4.69, 9.17) is 14.2 Å². The van der Waals surface area contributed by atoms with E-state index in [1.807, 2.05) is 36.4 Å². The number of hydrogen-bond acceptors (Lipinski definition) is 7. The van der Waals surface area contributed by atoms with Gasteiger partial charge in [-0.15, -0.1) is 0 Å². The molecule has 0 aliphatic carbocycles. The van der Waals surface area contributed by atoms with E-state index in [1.54, 1.807) is 55.9 Å². The minimum Gasteiger partial charge on any atom is -0.497 e. The van der Waals surface area contributed by atoms with E-state index in [0.717, 1.165) is 16.7 Å². The van der Waals surface area contributed by atoms with Crippen molar-refractivity contribution in [2.75, 3.05) is 13.7 Å². The third-order valence-corrected chi connectivity index (χ3v) is 7.43. The molecule has 0 N–H and O–H groups in total. The molecule has 0 unspecified atom stereocenters. The Morgan fingerprint density at radius 1 is 1.02 bits per heavy atom. The Labute approximate surface area is 234 Å². The second-order valence-corrected chi connectivity index (χ2v) is 10.1. The van der Waals surface area contributed by atoms with Crippen molar-refractivity contribution in [1.29, 1.82) is 0 Å². The molecule has 1 atom stereocenters. The van der Waals surface area contributed by atoms with E-state index in [0.29, 0.717) is 38.7 Å². The number of esters is 1. The number of allylic oxidation sites excluding steroid dienone is 1. The maximum atomic E-state index is 13.7. The molecule has 1 aromatic heterocycles. The number of benzene rings is 3. The lowest BCUT2D eigenvalue weighted by Gasteiger charge is -2.24. The van der Waals surface area contributed by atoms with Gasteiger partial charge >= 0.3 is 5.97 Å². The fraction of sp³-hybridized carbons (Fsp3) is 0.194. The van der Waals surface area contributed by atoms with Crippen LogP contribution in [0.1, 0.15) is 36.6 Å². The standard InChI is InChI=1S/C31H27FN2O5S/c1-4-38-30(36)27-19(2)33-31-34(28(27)22-9-15-24(37-3)16-10-22)29(35)26(40-31)17-20-7-13-25(14-8-20)39-18-21-5-11-23(32)12-6-21/h5-17,28H,4,18H2,1-3H3/b26-17-/t28-/m1/s1. The highest BCUT2D eigenvalue weighted by molar-refractivity contribution is 7.07. The number of fused-ring (bicyclic) bond motifs is 1. The van der Waals surface area contributed by atoms with Crippen molar-refractivity contribution in [3.8, 4) is 11.5 Å². The zero-order valence-corrected chi connectivity index (χ0v) is 23.0. The molecule has 3 aromatic carbocycles. The molecule has 1 aliphatic rings. The molecule has 204 valence electrons. The number of rotatable bonds is 8. The second-order valence-electron chi connectivity index (χ2n) is 9.06. The number of hydrogen-bond donors (Lipinski definition) is 0. The number of aromatic nitrogens is 1. The van der Waals surface area contributed by atoms with E-state index < -0.39 is 12.0 Å². The Kier molecular flexibility index (Phi) is 7.93. The molecular formula is C31H27FN2O5S. The summed E-state index contributed by atoms with van der Waals surface area (Å²) in [4.78, 5) is 31.9. The lowest BCUT2D eigenvalue weighted by Crippen LogP contribution is -2.39. The fourth-order valence-corrected chi connectivity index (χ4v) is 5.50. The lowest BCUT2D eigenvalue weighted by molar-refractivity contribution is -0.139.